The van der Waals surface area contributed by atoms with Crippen molar-refractivity contribution in [2.75, 3.05) is 30.3 Å². The molecule has 1 aliphatic heterocycles. The van der Waals surface area contributed by atoms with Crippen molar-refractivity contribution in [1.29, 1.82) is 0 Å². The number of sulfonamides is 1. The number of amides is 2. The van der Waals surface area contributed by atoms with Gasteiger partial charge in [0, 0.05) is 31.0 Å². The lowest BCUT2D eigenvalue weighted by molar-refractivity contribution is -0.129. The van der Waals surface area contributed by atoms with Crippen molar-refractivity contribution >= 4 is 49.8 Å². The first kappa shape index (κ1) is 25.4. The van der Waals surface area contributed by atoms with Crippen LogP contribution >= 0.6 is 11.3 Å². The van der Waals surface area contributed by atoms with Gasteiger partial charge in [0.25, 0.3) is 15.9 Å². The number of carbonyl (C=O) groups is 3. The Balaban J connectivity index is 1.57. The van der Waals surface area contributed by atoms with Crippen LogP contribution in [-0.4, -0.2) is 51.8 Å². The van der Waals surface area contributed by atoms with Gasteiger partial charge in [-0.05, 0) is 48.4 Å². The number of hydrogen-bond acceptors (Lipinski definition) is 7. The van der Waals surface area contributed by atoms with E-state index in [1.165, 1.54) is 61.0 Å². The fourth-order valence-corrected chi connectivity index (χ4v) is 6.41. The molecular weight excluding hydrogens is 502 g/mol. The van der Waals surface area contributed by atoms with Crippen molar-refractivity contribution in [2.24, 2.45) is 0 Å². The molecule has 3 aromatic rings. The maximum Gasteiger partial charge on any atom is 0.341 e. The highest BCUT2D eigenvalue weighted by atomic mass is 32.2. The maximum absolute atomic E-state index is 13.0. The predicted octanol–water partition coefficient (Wildman–Crippen LogP) is 3.52. The number of rotatable bonds is 6. The maximum atomic E-state index is 13.0. The van der Waals surface area contributed by atoms with E-state index in [-0.39, 0.29) is 21.9 Å². The second kappa shape index (κ2) is 10.1. The number of esters is 1. The number of anilines is 2. The lowest BCUT2D eigenvalue weighted by Crippen LogP contribution is -2.33. The van der Waals surface area contributed by atoms with Crippen LogP contribution in [-0.2, 0) is 32.5 Å². The Morgan fingerprint density at radius 1 is 1.06 bits per heavy atom. The van der Waals surface area contributed by atoms with Crippen molar-refractivity contribution in [1.82, 2.24) is 4.90 Å². The second-order valence-corrected chi connectivity index (χ2v) is 11.3. The van der Waals surface area contributed by atoms with Gasteiger partial charge in [0.15, 0.2) is 0 Å². The molecule has 0 saturated carbocycles. The van der Waals surface area contributed by atoms with Crippen LogP contribution in [0.1, 0.15) is 38.1 Å². The van der Waals surface area contributed by atoms with Gasteiger partial charge < -0.3 is 15.0 Å². The van der Waals surface area contributed by atoms with Crippen molar-refractivity contribution in [3.05, 3.63) is 76.2 Å². The van der Waals surface area contributed by atoms with Crippen LogP contribution in [0.2, 0.25) is 0 Å². The van der Waals surface area contributed by atoms with E-state index in [1.54, 1.807) is 35.2 Å². The summed E-state index contributed by atoms with van der Waals surface area (Å²) in [5.74, 6) is -1.13. The fourth-order valence-electron chi connectivity index (χ4n) is 3.97. The number of hydrogen-bond donors (Lipinski definition) is 1. The summed E-state index contributed by atoms with van der Waals surface area (Å²) in [6, 6.07) is 14.3. The first-order valence-electron chi connectivity index (χ1n) is 11.1. The number of para-hydroxylation sites is 1. The molecule has 36 heavy (non-hydrogen) atoms. The molecule has 2 amide bonds. The van der Waals surface area contributed by atoms with Crippen LogP contribution in [0.25, 0.3) is 0 Å². The highest BCUT2D eigenvalue weighted by molar-refractivity contribution is 7.92. The second-order valence-electron chi connectivity index (χ2n) is 8.18. The number of ether oxygens (including phenoxy) is 1. The van der Waals surface area contributed by atoms with Crippen molar-refractivity contribution in [3.8, 4) is 0 Å². The van der Waals surface area contributed by atoms with Crippen molar-refractivity contribution in [3.63, 3.8) is 0 Å². The number of methoxy groups -OCH3 is 1. The Hall–Kier alpha value is -3.70. The first-order valence-corrected chi connectivity index (χ1v) is 13.3. The van der Waals surface area contributed by atoms with Crippen LogP contribution in [0.3, 0.4) is 0 Å². The lowest BCUT2D eigenvalue weighted by Gasteiger charge is -2.25. The van der Waals surface area contributed by atoms with Gasteiger partial charge in [0.1, 0.15) is 5.00 Å². The van der Waals surface area contributed by atoms with Gasteiger partial charge >= 0.3 is 5.97 Å². The molecule has 2 aromatic carbocycles. The minimum Gasteiger partial charge on any atom is -0.465 e. The summed E-state index contributed by atoms with van der Waals surface area (Å²) in [4.78, 5) is 39.8. The minimum atomic E-state index is -3.82. The third-order valence-corrected chi connectivity index (χ3v) is 8.95. The Bertz CT molecular complexity index is 1420. The summed E-state index contributed by atoms with van der Waals surface area (Å²) in [6.45, 7) is 2.32. The Morgan fingerprint density at radius 2 is 1.72 bits per heavy atom. The molecular formula is C25H25N3O6S2. The van der Waals surface area contributed by atoms with E-state index in [4.69, 9.17) is 4.74 Å². The molecule has 4 rings (SSSR count). The third kappa shape index (κ3) is 4.84. The molecule has 9 nitrogen and oxygen atoms in total. The van der Waals surface area contributed by atoms with Crippen LogP contribution in [0, 0.1) is 0 Å². The Labute approximate surface area is 213 Å². The van der Waals surface area contributed by atoms with Gasteiger partial charge in [-0.3, -0.25) is 13.9 Å². The molecule has 0 atom stereocenters. The summed E-state index contributed by atoms with van der Waals surface area (Å²) in [6.07, 6.45) is 0.479. The minimum absolute atomic E-state index is 0.0385. The summed E-state index contributed by atoms with van der Waals surface area (Å²) in [7, 11) is -1.08. The van der Waals surface area contributed by atoms with Crippen LogP contribution in [0.5, 0.6) is 0 Å². The smallest absolute Gasteiger partial charge is 0.341 e. The fraction of sp³-hybridized carbons (Fsp3) is 0.240. The number of benzene rings is 2. The molecule has 0 saturated heterocycles. The molecule has 1 N–H and O–H groups in total. The SMILES string of the molecule is COC(=O)c1c(NC(=O)c2ccc(S(=O)(=O)N(C)c3ccccc3)cc2)sc2c1CCN(C(C)=O)C2. The number of carbonyl (C=O) groups excluding carboxylic acids is 3. The number of fused-ring (bicyclic) bond motifs is 1. The molecule has 1 aromatic heterocycles. The van der Waals surface area contributed by atoms with E-state index in [1.807, 2.05) is 0 Å². The predicted molar refractivity (Wildman–Crippen MR) is 137 cm³/mol. The zero-order valence-corrected chi connectivity index (χ0v) is 21.6. The summed E-state index contributed by atoms with van der Waals surface area (Å²) < 4.78 is 32.1. The highest BCUT2D eigenvalue weighted by Crippen LogP contribution is 2.38. The molecule has 0 unspecified atom stereocenters. The quantitative estimate of drug-likeness (QED) is 0.491. The normalized spacial score (nSPS) is 13.0. The molecule has 0 bridgehead atoms. The van der Waals surface area contributed by atoms with Crippen molar-refractivity contribution < 1.29 is 27.5 Å². The molecule has 0 aliphatic carbocycles. The molecule has 1 aliphatic rings. The molecule has 2 heterocycles. The largest absolute Gasteiger partial charge is 0.465 e. The molecule has 0 radical (unpaired) electrons. The topological polar surface area (TPSA) is 113 Å². The molecule has 0 spiro atoms. The average Bonchev–Trinajstić information content (AvgIpc) is 3.25. The van der Waals surface area contributed by atoms with E-state index in [2.05, 4.69) is 5.32 Å². The number of nitrogens with zero attached hydrogens (tertiary/aromatic N) is 2. The van der Waals surface area contributed by atoms with Crippen LogP contribution in [0.4, 0.5) is 10.7 Å². The zero-order chi connectivity index (χ0) is 26.0. The molecule has 188 valence electrons. The van der Waals surface area contributed by atoms with Crippen molar-refractivity contribution in [2.45, 2.75) is 24.8 Å². The molecule has 11 heteroatoms. The molecule has 0 fully saturated rings. The number of nitrogens with one attached hydrogen (secondary N) is 1. The third-order valence-electron chi connectivity index (χ3n) is 6.01. The average molecular weight is 528 g/mol. The van der Waals surface area contributed by atoms with Gasteiger partial charge in [-0.15, -0.1) is 11.3 Å². The summed E-state index contributed by atoms with van der Waals surface area (Å²) in [5, 5.41) is 3.10. The van der Waals surface area contributed by atoms with Gasteiger partial charge in [-0.1, -0.05) is 18.2 Å². The number of thiophene rings is 1. The Kier molecular flexibility index (Phi) is 7.14. The van der Waals surface area contributed by atoms with Crippen LogP contribution < -0.4 is 9.62 Å². The van der Waals surface area contributed by atoms with E-state index < -0.39 is 21.9 Å². The van der Waals surface area contributed by atoms with Gasteiger partial charge in [-0.25, -0.2) is 13.2 Å². The van der Waals surface area contributed by atoms with Gasteiger partial charge in [-0.2, -0.15) is 0 Å². The van der Waals surface area contributed by atoms with Gasteiger partial charge in [0.05, 0.1) is 29.8 Å². The summed E-state index contributed by atoms with van der Waals surface area (Å²) in [5.41, 5.74) is 1.80. The highest BCUT2D eigenvalue weighted by Gasteiger charge is 2.30. The lowest BCUT2D eigenvalue weighted by atomic mass is 10.0. The first-order chi connectivity index (χ1) is 17.1. The monoisotopic (exact) mass is 527 g/mol. The zero-order valence-electron chi connectivity index (χ0n) is 20.0. The van der Waals surface area contributed by atoms with E-state index in [0.29, 0.717) is 30.2 Å². The van der Waals surface area contributed by atoms with E-state index >= 15 is 0 Å². The standard InChI is InChI=1S/C25H25N3O6S2/c1-16(29)28-14-13-20-21(15-28)35-24(22(20)25(31)34-3)26-23(30)17-9-11-19(12-10-17)36(32,33)27(2)18-7-5-4-6-8-18/h4-12H,13-15H2,1-3H3,(H,26,30). The summed E-state index contributed by atoms with van der Waals surface area (Å²) >= 11 is 1.23. The Morgan fingerprint density at radius 3 is 2.33 bits per heavy atom. The van der Waals surface area contributed by atoms with Crippen LogP contribution in [0.15, 0.2) is 59.5 Å². The van der Waals surface area contributed by atoms with E-state index in [0.717, 1.165) is 10.4 Å². The van der Waals surface area contributed by atoms with Gasteiger partial charge in [0.2, 0.25) is 5.91 Å². The van der Waals surface area contributed by atoms with E-state index in [9.17, 15) is 22.8 Å².